The summed E-state index contributed by atoms with van der Waals surface area (Å²) < 4.78 is 32.2. The van der Waals surface area contributed by atoms with Gasteiger partial charge in [0.1, 0.15) is 10.4 Å². The number of aromatic nitrogens is 2. The van der Waals surface area contributed by atoms with Gasteiger partial charge in [0, 0.05) is 25.5 Å². The molecule has 1 amide bonds. The molecule has 2 fully saturated rings. The molecule has 0 spiro atoms. The summed E-state index contributed by atoms with van der Waals surface area (Å²) in [4.78, 5) is 29.9. The molecule has 2 aromatic heterocycles. The fraction of sp³-hybridized carbons (Fsp3) is 0.526. The Kier molecular flexibility index (Phi) is 6.73. The molecule has 8 nitrogen and oxygen atoms in total. The number of nitrogens with zero attached hydrogens (tertiary/aromatic N) is 2. The SMILES string of the molecule is O=C(Nc1ncc(Cl)s1)[C@@H](CC1CCOCC1)n1cc(Cl)c(S(=O)(=O)C2CC2)cc1=O. The smallest absolute Gasteiger partial charge is 0.252 e. The zero-order valence-electron chi connectivity index (χ0n) is 16.4. The van der Waals surface area contributed by atoms with E-state index in [1.54, 1.807) is 0 Å². The summed E-state index contributed by atoms with van der Waals surface area (Å²) in [5.41, 5.74) is -0.590. The molecule has 3 heterocycles. The maximum absolute atomic E-state index is 13.1. The van der Waals surface area contributed by atoms with E-state index in [-0.39, 0.29) is 15.8 Å². The van der Waals surface area contributed by atoms with Crippen LogP contribution in [0.5, 0.6) is 0 Å². The van der Waals surface area contributed by atoms with Crippen molar-refractivity contribution in [3.8, 4) is 0 Å². The van der Waals surface area contributed by atoms with Crippen LogP contribution >= 0.6 is 34.5 Å². The predicted octanol–water partition coefficient (Wildman–Crippen LogP) is 3.54. The molecule has 168 valence electrons. The van der Waals surface area contributed by atoms with Crippen molar-refractivity contribution in [2.45, 2.75) is 48.3 Å². The molecule has 2 aromatic rings. The average molecular weight is 506 g/mol. The van der Waals surface area contributed by atoms with Crippen LogP contribution in [0.4, 0.5) is 5.13 Å². The number of hydrogen-bond acceptors (Lipinski definition) is 7. The Morgan fingerprint density at radius 1 is 1.29 bits per heavy atom. The van der Waals surface area contributed by atoms with Crippen molar-refractivity contribution in [3.05, 3.63) is 38.2 Å². The number of ether oxygens (including phenoxy) is 1. The molecule has 1 saturated carbocycles. The van der Waals surface area contributed by atoms with Crippen molar-refractivity contribution >= 4 is 55.4 Å². The van der Waals surface area contributed by atoms with Crippen LogP contribution in [0.25, 0.3) is 0 Å². The number of anilines is 1. The van der Waals surface area contributed by atoms with Gasteiger partial charge in [-0.1, -0.05) is 34.5 Å². The number of sulfone groups is 1. The first kappa shape index (κ1) is 22.7. The van der Waals surface area contributed by atoms with E-state index in [1.165, 1.54) is 17.0 Å². The quantitative estimate of drug-likeness (QED) is 0.616. The normalized spacial score (nSPS) is 18.6. The second-order valence-corrected chi connectivity index (χ2v) is 12.0. The standard InChI is InChI=1S/C19H21Cl2N3O5S2/c20-13-10-24(17(25)8-15(13)31(27,28)12-1-2-12)14(7-11-3-5-29-6-4-11)18(26)23-19-22-9-16(21)30-19/h8-12,14H,1-7H2,(H,22,23,26)/t14-/m1/s1. The average Bonchev–Trinajstić information content (AvgIpc) is 3.52. The fourth-order valence-corrected chi connectivity index (χ4v) is 6.67. The number of rotatable bonds is 7. The van der Waals surface area contributed by atoms with Crippen LogP contribution in [0.15, 0.2) is 28.2 Å². The number of nitrogens with one attached hydrogen (secondary N) is 1. The largest absolute Gasteiger partial charge is 0.381 e. The lowest BCUT2D eigenvalue weighted by Gasteiger charge is -2.27. The van der Waals surface area contributed by atoms with E-state index >= 15 is 0 Å². The molecule has 1 atom stereocenters. The van der Waals surface area contributed by atoms with E-state index in [0.29, 0.717) is 41.9 Å². The Bertz CT molecular complexity index is 1140. The van der Waals surface area contributed by atoms with Crippen LogP contribution < -0.4 is 10.9 Å². The number of carbonyl (C=O) groups is 1. The molecule has 4 rings (SSSR count). The van der Waals surface area contributed by atoms with Gasteiger partial charge in [0.15, 0.2) is 15.0 Å². The third-order valence-electron chi connectivity index (χ3n) is 5.51. The van der Waals surface area contributed by atoms with E-state index in [0.717, 1.165) is 30.2 Å². The van der Waals surface area contributed by atoms with Gasteiger partial charge >= 0.3 is 0 Å². The van der Waals surface area contributed by atoms with Gasteiger partial charge in [0.05, 0.1) is 21.4 Å². The first-order valence-electron chi connectivity index (χ1n) is 9.91. The maximum atomic E-state index is 13.1. The molecule has 0 radical (unpaired) electrons. The minimum atomic E-state index is -3.64. The number of thiazole rings is 1. The Morgan fingerprint density at radius 2 is 2.00 bits per heavy atom. The van der Waals surface area contributed by atoms with Crippen molar-refractivity contribution in [2.24, 2.45) is 5.92 Å². The first-order valence-corrected chi connectivity index (χ1v) is 13.0. The van der Waals surface area contributed by atoms with Gasteiger partial charge in [-0.3, -0.25) is 9.59 Å². The minimum absolute atomic E-state index is 0.0615. The topological polar surface area (TPSA) is 107 Å². The third kappa shape index (κ3) is 5.14. The number of carbonyl (C=O) groups excluding carboxylic acids is 1. The summed E-state index contributed by atoms with van der Waals surface area (Å²) in [7, 11) is -3.64. The van der Waals surface area contributed by atoms with E-state index in [9.17, 15) is 18.0 Å². The van der Waals surface area contributed by atoms with Gasteiger partial charge in [-0.25, -0.2) is 13.4 Å². The molecule has 1 saturated heterocycles. The van der Waals surface area contributed by atoms with Crippen molar-refractivity contribution in [1.29, 1.82) is 0 Å². The van der Waals surface area contributed by atoms with Gasteiger partial charge in [-0.15, -0.1) is 0 Å². The van der Waals surface area contributed by atoms with Crippen LogP contribution in [0.2, 0.25) is 9.36 Å². The van der Waals surface area contributed by atoms with E-state index < -0.39 is 32.6 Å². The van der Waals surface area contributed by atoms with Crippen LogP contribution in [-0.2, 0) is 19.4 Å². The first-order chi connectivity index (χ1) is 14.8. The van der Waals surface area contributed by atoms with Crippen LogP contribution in [0, 0.1) is 5.92 Å². The second kappa shape index (κ2) is 9.19. The van der Waals surface area contributed by atoms with E-state index in [4.69, 9.17) is 27.9 Å². The second-order valence-electron chi connectivity index (χ2n) is 7.74. The Morgan fingerprint density at radius 3 is 2.61 bits per heavy atom. The van der Waals surface area contributed by atoms with Crippen LogP contribution in [0.1, 0.15) is 38.1 Å². The zero-order valence-corrected chi connectivity index (χ0v) is 19.6. The lowest BCUT2D eigenvalue weighted by atomic mass is 9.92. The molecule has 12 heteroatoms. The molecule has 0 aromatic carbocycles. The van der Waals surface area contributed by atoms with Crippen molar-refractivity contribution < 1.29 is 17.9 Å². The zero-order chi connectivity index (χ0) is 22.2. The molecule has 0 unspecified atom stereocenters. The van der Waals surface area contributed by atoms with Gasteiger partial charge < -0.3 is 14.6 Å². The highest BCUT2D eigenvalue weighted by molar-refractivity contribution is 7.92. The van der Waals surface area contributed by atoms with E-state index in [1.807, 2.05) is 0 Å². The van der Waals surface area contributed by atoms with E-state index in [2.05, 4.69) is 10.3 Å². The minimum Gasteiger partial charge on any atom is -0.381 e. The lowest BCUT2D eigenvalue weighted by molar-refractivity contribution is -0.120. The fourth-order valence-electron chi connectivity index (χ4n) is 3.67. The van der Waals surface area contributed by atoms with Crippen LogP contribution in [0.3, 0.4) is 0 Å². The van der Waals surface area contributed by atoms with Gasteiger partial charge in [-0.2, -0.15) is 0 Å². The molecular weight excluding hydrogens is 485 g/mol. The summed E-state index contributed by atoms with van der Waals surface area (Å²) in [6, 6.07) is 0.147. The Balaban J connectivity index is 1.67. The lowest BCUT2D eigenvalue weighted by Crippen LogP contribution is -2.35. The summed E-state index contributed by atoms with van der Waals surface area (Å²) in [6.07, 6.45) is 5.74. The highest BCUT2D eigenvalue weighted by atomic mass is 35.5. The van der Waals surface area contributed by atoms with Gasteiger partial charge in [-0.05, 0) is 38.0 Å². The van der Waals surface area contributed by atoms with Crippen molar-refractivity contribution in [1.82, 2.24) is 9.55 Å². The molecule has 2 aliphatic rings. The van der Waals surface area contributed by atoms with Gasteiger partial charge in [0.25, 0.3) is 5.56 Å². The molecular formula is C19H21Cl2N3O5S2. The Hall–Kier alpha value is -1.46. The summed E-state index contributed by atoms with van der Waals surface area (Å²) in [5, 5.41) is 2.47. The third-order valence-corrected chi connectivity index (χ3v) is 9.25. The summed E-state index contributed by atoms with van der Waals surface area (Å²) in [5.74, 6) is -0.265. The van der Waals surface area contributed by atoms with Crippen molar-refractivity contribution in [2.75, 3.05) is 18.5 Å². The Labute approximate surface area is 193 Å². The molecule has 0 bridgehead atoms. The summed E-state index contributed by atoms with van der Waals surface area (Å²) in [6.45, 7) is 1.19. The number of hydrogen-bond donors (Lipinski definition) is 1. The predicted molar refractivity (Wildman–Crippen MR) is 119 cm³/mol. The highest BCUT2D eigenvalue weighted by Crippen LogP contribution is 2.36. The van der Waals surface area contributed by atoms with Crippen molar-refractivity contribution in [3.63, 3.8) is 0 Å². The summed E-state index contributed by atoms with van der Waals surface area (Å²) >= 11 is 13.3. The molecule has 31 heavy (non-hydrogen) atoms. The number of pyridine rings is 1. The number of halogens is 2. The van der Waals surface area contributed by atoms with Crippen LogP contribution in [-0.4, -0.2) is 42.3 Å². The maximum Gasteiger partial charge on any atom is 0.252 e. The molecule has 1 aliphatic heterocycles. The number of amides is 1. The monoisotopic (exact) mass is 505 g/mol. The molecule has 1 N–H and O–H groups in total. The highest BCUT2D eigenvalue weighted by Gasteiger charge is 2.39. The van der Waals surface area contributed by atoms with Gasteiger partial charge in [0.2, 0.25) is 5.91 Å². The molecule has 1 aliphatic carbocycles.